The number of aryl methyl sites for hydroxylation is 1. The van der Waals surface area contributed by atoms with Gasteiger partial charge in [0.25, 0.3) is 0 Å². The molecule has 0 bridgehead atoms. The minimum absolute atomic E-state index is 0.118. The number of hydrogen-bond donors (Lipinski definition) is 1. The first kappa shape index (κ1) is 15.5. The Bertz CT molecular complexity index is 504. The lowest BCUT2D eigenvalue weighted by atomic mass is 9.75. The minimum Gasteiger partial charge on any atom is -0.396 e. The van der Waals surface area contributed by atoms with Gasteiger partial charge in [-0.15, -0.1) is 0 Å². The molecule has 0 radical (unpaired) electrons. The summed E-state index contributed by atoms with van der Waals surface area (Å²) in [6, 6.07) is 10.3. The molecule has 2 heterocycles. The Hall–Kier alpha value is -1.39. The second-order valence-corrected chi connectivity index (χ2v) is 6.66. The highest BCUT2D eigenvalue weighted by Gasteiger charge is 2.48. The number of ether oxygens (including phenoxy) is 1. The van der Waals surface area contributed by atoms with E-state index >= 15 is 0 Å². The fraction of sp³-hybridized carbons (Fsp3) is 0.611. The van der Waals surface area contributed by atoms with Crippen molar-refractivity contribution < 1.29 is 14.6 Å². The molecule has 3 rings (SSSR count). The second-order valence-electron chi connectivity index (χ2n) is 6.66. The molecular formula is C18H25NO3. The lowest BCUT2D eigenvalue weighted by Gasteiger charge is -2.36. The highest BCUT2D eigenvalue weighted by Crippen LogP contribution is 2.41. The Morgan fingerprint density at radius 1 is 1.36 bits per heavy atom. The van der Waals surface area contributed by atoms with E-state index in [1.165, 1.54) is 5.56 Å². The normalized spacial score (nSPS) is 27.7. The summed E-state index contributed by atoms with van der Waals surface area (Å²) in [6.07, 6.45) is 3.27. The third kappa shape index (κ3) is 3.18. The van der Waals surface area contributed by atoms with Crippen LogP contribution in [0.1, 0.15) is 24.8 Å². The van der Waals surface area contributed by atoms with Crippen molar-refractivity contribution >= 4 is 5.91 Å². The second kappa shape index (κ2) is 6.80. The molecule has 0 unspecified atom stereocenters. The van der Waals surface area contributed by atoms with Crippen molar-refractivity contribution in [1.29, 1.82) is 0 Å². The van der Waals surface area contributed by atoms with Crippen LogP contribution in [0.2, 0.25) is 0 Å². The van der Waals surface area contributed by atoms with E-state index in [0.29, 0.717) is 32.1 Å². The summed E-state index contributed by atoms with van der Waals surface area (Å²) in [5, 5.41) is 9.78. The lowest BCUT2D eigenvalue weighted by Crippen LogP contribution is -2.41. The Morgan fingerprint density at radius 2 is 2.18 bits per heavy atom. The standard InChI is InChI=1S/C18H25NO3/c20-14-18-9-10-22-12-16(18)11-19(13-18)17(21)8-4-7-15-5-2-1-3-6-15/h1-3,5-6,16,20H,4,7-14H2/t16-,18-/m1/s1. The fourth-order valence-electron chi connectivity index (χ4n) is 3.74. The van der Waals surface area contributed by atoms with Crippen LogP contribution in [0.25, 0.3) is 0 Å². The first-order chi connectivity index (χ1) is 10.7. The number of fused-ring (bicyclic) bond motifs is 1. The zero-order valence-corrected chi connectivity index (χ0v) is 13.0. The largest absolute Gasteiger partial charge is 0.396 e. The van der Waals surface area contributed by atoms with Crippen LogP contribution in [-0.4, -0.2) is 48.8 Å². The van der Waals surface area contributed by atoms with Crippen molar-refractivity contribution in [2.75, 3.05) is 32.9 Å². The maximum Gasteiger partial charge on any atom is 0.222 e. The van der Waals surface area contributed by atoms with Crippen LogP contribution in [0.15, 0.2) is 30.3 Å². The number of aliphatic hydroxyl groups excluding tert-OH is 1. The van der Waals surface area contributed by atoms with Gasteiger partial charge in [0, 0.05) is 37.5 Å². The third-order valence-electron chi connectivity index (χ3n) is 5.24. The molecule has 1 N–H and O–H groups in total. The van der Waals surface area contributed by atoms with Crippen molar-refractivity contribution in [3.05, 3.63) is 35.9 Å². The van der Waals surface area contributed by atoms with Crippen LogP contribution in [0.5, 0.6) is 0 Å². The monoisotopic (exact) mass is 303 g/mol. The Morgan fingerprint density at radius 3 is 2.91 bits per heavy atom. The van der Waals surface area contributed by atoms with E-state index in [-0.39, 0.29) is 17.9 Å². The van der Waals surface area contributed by atoms with E-state index in [9.17, 15) is 9.90 Å². The number of hydrogen-bond acceptors (Lipinski definition) is 3. The Balaban J connectivity index is 1.51. The first-order valence-electron chi connectivity index (χ1n) is 8.24. The van der Waals surface area contributed by atoms with Gasteiger partial charge in [0.15, 0.2) is 0 Å². The summed E-state index contributed by atoms with van der Waals surface area (Å²) in [5.74, 6) is 0.516. The van der Waals surface area contributed by atoms with E-state index < -0.39 is 0 Å². The van der Waals surface area contributed by atoms with Gasteiger partial charge in [0.2, 0.25) is 5.91 Å². The summed E-state index contributed by atoms with van der Waals surface area (Å²) in [5.41, 5.74) is 1.17. The molecule has 0 aromatic heterocycles. The van der Waals surface area contributed by atoms with Crippen molar-refractivity contribution in [2.24, 2.45) is 11.3 Å². The van der Waals surface area contributed by atoms with E-state index in [0.717, 1.165) is 25.8 Å². The molecule has 4 heteroatoms. The van der Waals surface area contributed by atoms with E-state index in [1.807, 2.05) is 23.1 Å². The van der Waals surface area contributed by atoms with Crippen molar-refractivity contribution in [1.82, 2.24) is 4.90 Å². The quantitative estimate of drug-likeness (QED) is 0.903. The fourth-order valence-corrected chi connectivity index (χ4v) is 3.74. The molecule has 2 aliphatic rings. The molecule has 1 aromatic rings. The third-order valence-corrected chi connectivity index (χ3v) is 5.24. The molecule has 1 amide bonds. The van der Waals surface area contributed by atoms with E-state index in [4.69, 9.17) is 4.74 Å². The van der Waals surface area contributed by atoms with Gasteiger partial charge in [-0.3, -0.25) is 4.79 Å². The number of aliphatic hydroxyl groups is 1. The van der Waals surface area contributed by atoms with Gasteiger partial charge in [0.05, 0.1) is 13.2 Å². The summed E-state index contributed by atoms with van der Waals surface area (Å²) in [6.45, 7) is 2.97. The van der Waals surface area contributed by atoms with Gasteiger partial charge in [-0.25, -0.2) is 0 Å². The van der Waals surface area contributed by atoms with Gasteiger partial charge in [0.1, 0.15) is 0 Å². The predicted molar refractivity (Wildman–Crippen MR) is 84.4 cm³/mol. The molecular weight excluding hydrogens is 278 g/mol. The van der Waals surface area contributed by atoms with Gasteiger partial charge in [-0.2, -0.15) is 0 Å². The van der Waals surface area contributed by atoms with E-state index in [2.05, 4.69) is 12.1 Å². The molecule has 1 aromatic carbocycles. The zero-order chi connectivity index (χ0) is 15.4. The number of benzene rings is 1. The van der Waals surface area contributed by atoms with Crippen LogP contribution in [0, 0.1) is 11.3 Å². The summed E-state index contributed by atoms with van der Waals surface area (Å²) < 4.78 is 5.53. The number of carbonyl (C=O) groups excluding carboxylic acids is 1. The molecule has 0 aliphatic carbocycles. The van der Waals surface area contributed by atoms with Crippen LogP contribution in [-0.2, 0) is 16.0 Å². The molecule has 22 heavy (non-hydrogen) atoms. The molecule has 0 saturated carbocycles. The van der Waals surface area contributed by atoms with Gasteiger partial charge in [-0.05, 0) is 24.8 Å². The molecule has 2 fully saturated rings. The first-order valence-corrected chi connectivity index (χ1v) is 8.24. The molecule has 2 aliphatic heterocycles. The highest BCUT2D eigenvalue weighted by molar-refractivity contribution is 5.76. The van der Waals surface area contributed by atoms with Gasteiger partial charge < -0.3 is 14.7 Å². The maximum atomic E-state index is 12.4. The van der Waals surface area contributed by atoms with Crippen LogP contribution < -0.4 is 0 Å². The minimum atomic E-state index is -0.118. The smallest absolute Gasteiger partial charge is 0.222 e. The van der Waals surface area contributed by atoms with Crippen molar-refractivity contribution in [3.8, 4) is 0 Å². The van der Waals surface area contributed by atoms with Crippen LogP contribution >= 0.6 is 0 Å². The molecule has 2 saturated heterocycles. The summed E-state index contributed by atoms with van der Waals surface area (Å²) in [4.78, 5) is 14.4. The zero-order valence-electron chi connectivity index (χ0n) is 13.0. The van der Waals surface area contributed by atoms with Crippen molar-refractivity contribution in [3.63, 3.8) is 0 Å². The SMILES string of the molecule is O=C(CCCc1ccccc1)N1C[C@@H]2COCC[C@]2(CO)C1. The topological polar surface area (TPSA) is 49.8 Å². The number of amides is 1. The molecule has 4 nitrogen and oxygen atoms in total. The summed E-state index contributed by atoms with van der Waals surface area (Å²) >= 11 is 0. The number of carbonyl (C=O) groups is 1. The Labute approximate surface area is 132 Å². The Kier molecular flexibility index (Phi) is 4.79. The number of likely N-dealkylation sites (tertiary alicyclic amines) is 1. The average molecular weight is 303 g/mol. The highest BCUT2D eigenvalue weighted by atomic mass is 16.5. The van der Waals surface area contributed by atoms with Gasteiger partial charge >= 0.3 is 0 Å². The summed E-state index contributed by atoms with van der Waals surface area (Å²) in [7, 11) is 0. The lowest BCUT2D eigenvalue weighted by molar-refractivity contribution is -0.130. The molecule has 2 atom stereocenters. The molecule has 0 spiro atoms. The van der Waals surface area contributed by atoms with Crippen LogP contribution in [0.4, 0.5) is 0 Å². The van der Waals surface area contributed by atoms with Gasteiger partial charge in [-0.1, -0.05) is 30.3 Å². The maximum absolute atomic E-state index is 12.4. The van der Waals surface area contributed by atoms with Crippen molar-refractivity contribution in [2.45, 2.75) is 25.7 Å². The number of nitrogens with zero attached hydrogens (tertiary/aromatic N) is 1. The average Bonchev–Trinajstić information content (AvgIpc) is 2.96. The number of rotatable bonds is 5. The van der Waals surface area contributed by atoms with E-state index in [1.54, 1.807) is 0 Å². The predicted octanol–water partition coefficient (Wildman–Crippen LogP) is 1.87. The molecule has 120 valence electrons. The van der Waals surface area contributed by atoms with Crippen LogP contribution in [0.3, 0.4) is 0 Å².